The molecule has 2 nitrogen and oxygen atoms in total. The molecule has 0 atom stereocenters. The summed E-state index contributed by atoms with van der Waals surface area (Å²) in [5.74, 6) is 0.711. The molecule has 0 aromatic carbocycles. The maximum Gasteiger partial charge on any atom is 1.00 e. The zero-order chi connectivity index (χ0) is 9.10. The fraction of sp³-hybridized carbons (Fsp3) is 0.545. The number of rotatable bonds is 1. The van der Waals surface area contributed by atoms with E-state index in [0.29, 0.717) is 5.92 Å². The van der Waals surface area contributed by atoms with Crippen molar-refractivity contribution in [2.24, 2.45) is 0 Å². The van der Waals surface area contributed by atoms with Crippen molar-refractivity contribution in [3.63, 3.8) is 0 Å². The standard InChI is InChI=1S/C11H15N2.K/c1-9-11(3-2-6-13-9)10-4-7-12-8-5-10;/h2-3,10,12H,4-5,7-8H2,1H3;/q-1;+1. The van der Waals surface area contributed by atoms with Crippen LogP contribution in [0, 0.1) is 13.1 Å². The summed E-state index contributed by atoms with van der Waals surface area (Å²) in [6.45, 7) is 4.36. The van der Waals surface area contributed by atoms with E-state index in [1.807, 2.05) is 6.07 Å². The van der Waals surface area contributed by atoms with Crippen molar-refractivity contribution in [1.29, 1.82) is 0 Å². The molecular weight excluding hydrogens is 199 g/mol. The fourth-order valence-electron chi connectivity index (χ4n) is 2.01. The number of aryl methyl sites for hydroxylation is 1. The third-order valence-corrected chi connectivity index (χ3v) is 2.77. The second-order valence-corrected chi connectivity index (χ2v) is 3.64. The van der Waals surface area contributed by atoms with Gasteiger partial charge in [-0.2, -0.15) is 12.1 Å². The van der Waals surface area contributed by atoms with Gasteiger partial charge in [0, 0.05) is 0 Å². The molecule has 14 heavy (non-hydrogen) atoms. The maximum atomic E-state index is 4.21. The van der Waals surface area contributed by atoms with Crippen molar-refractivity contribution in [3.05, 3.63) is 29.6 Å². The minimum atomic E-state index is 0. The Morgan fingerprint density at radius 3 is 2.79 bits per heavy atom. The van der Waals surface area contributed by atoms with Crippen LogP contribution in [-0.4, -0.2) is 18.1 Å². The van der Waals surface area contributed by atoms with E-state index in [9.17, 15) is 0 Å². The Morgan fingerprint density at radius 1 is 1.43 bits per heavy atom. The van der Waals surface area contributed by atoms with Gasteiger partial charge in [0.15, 0.2) is 0 Å². The zero-order valence-corrected chi connectivity index (χ0v) is 12.1. The molecule has 2 rings (SSSR count). The third kappa shape index (κ3) is 3.12. The number of aromatic nitrogens is 1. The molecule has 0 radical (unpaired) electrons. The van der Waals surface area contributed by atoms with Crippen LogP contribution in [0.2, 0.25) is 0 Å². The van der Waals surface area contributed by atoms with Crippen LogP contribution < -0.4 is 56.7 Å². The molecule has 1 fully saturated rings. The minimum absolute atomic E-state index is 0. The van der Waals surface area contributed by atoms with Crippen LogP contribution >= 0.6 is 0 Å². The Balaban J connectivity index is 0.000000980. The monoisotopic (exact) mass is 214 g/mol. The molecule has 0 bridgehead atoms. The van der Waals surface area contributed by atoms with Gasteiger partial charge in [-0.05, 0) is 31.8 Å². The van der Waals surface area contributed by atoms with Gasteiger partial charge in [0.05, 0.1) is 0 Å². The molecule has 0 aliphatic carbocycles. The van der Waals surface area contributed by atoms with E-state index in [0.717, 1.165) is 18.8 Å². The van der Waals surface area contributed by atoms with Crippen molar-refractivity contribution in [2.75, 3.05) is 13.1 Å². The Kier molecular flexibility index (Phi) is 5.82. The van der Waals surface area contributed by atoms with E-state index in [1.165, 1.54) is 18.4 Å². The molecule has 1 aromatic heterocycles. The summed E-state index contributed by atoms with van der Waals surface area (Å²) in [6, 6.07) is 4.09. The molecule has 1 aromatic rings. The van der Waals surface area contributed by atoms with Gasteiger partial charge in [0.25, 0.3) is 0 Å². The van der Waals surface area contributed by atoms with Crippen molar-refractivity contribution in [3.8, 4) is 0 Å². The first-order valence-electron chi connectivity index (χ1n) is 4.92. The summed E-state index contributed by atoms with van der Waals surface area (Å²) in [7, 11) is 0. The van der Waals surface area contributed by atoms with E-state index < -0.39 is 0 Å². The van der Waals surface area contributed by atoms with Gasteiger partial charge in [0.2, 0.25) is 0 Å². The normalized spacial score (nSPS) is 17.5. The van der Waals surface area contributed by atoms with Crippen LogP contribution in [0.3, 0.4) is 0 Å². The first kappa shape index (κ1) is 12.8. The molecule has 0 saturated carbocycles. The van der Waals surface area contributed by atoms with Crippen molar-refractivity contribution >= 4 is 0 Å². The second kappa shape index (κ2) is 6.36. The number of nitrogens with one attached hydrogen (secondary N) is 1. The van der Waals surface area contributed by atoms with E-state index in [-0.39, 0.29) is 51.4 Å². The second-order valence-electron chi connectivity index (χ2n) is 3.64. The van der Waals surface area contributed by atoms with Crippen LogP contribution in [-0.2, 0) is 0 Å². The number of pyridine rings is 1. The van der Waals surface area contributed by atoms with E-state index in [1.54, 1.807) is 0 Å². The van der Waals surface area contributed by atoms with Gasteiger partial charge in [0.1, 0.15) is 0 Å². The first-order chi connectivity index (χ1) is 6.38. The van der Waals surface area contributed by atoms with Gasteiger partial charge in [-0.25, -0.2) is 0 Å². The van der Waals surface area contributed by atoms with Gasteiger partial charge in [-0.15, -0.1) is 5.56 Å². The predicted molar refractivity (Wildman–Crippen MR) is 52.7 cm³/mol. The maximum absolute atomic E-state index is 4.21. The van der Waals surface area contributed by atoms with Crippen molar-refractivity contribution < 1.29 is 51.4 Å². The topological polar surface area (TPSA) is 24.9 Å². The summed E-state index contributed by atoms with van der Waals surface area (Å²) in [5, 5.41) is 3.38. The number of nitrogens with zero attached hydrogens (tertiary/aromatic N) is 1. The molecule has 0 amide bonds. The summed E-state index contributed by atoms with van der Waals surface area (Å²) < 4.78 is 0. The van der Waals surface area contributed by atoms with Crippen LogP contribution in [0.1, 0.15) is 30.0 Å². The average Bonchev–Trinajstić information content (AvgIpc) is 2.20. The third-order valence-electron chi connectivity index (χ3n) is 2.77. The number of hydrogen-bond donors (Lipinski definition) is 1. The zero-order valence-electron chi connectivity index (χ0n) is 9.01. The van der Waals surface area contributed by atoms with Crippen LogP contribution in [0.25, 0.3) is 0 Å². The summed E-state index contributed by atoms with van der Waals surface area (Å²) in [4.78, 5) is 4.21. The minimum Gasteiger partial charge on any atom is -0.391 e. The van der Waals surface area contributed by atoms with Crippen molar-refractivity contribution in [1.82, 2.24) is 10.3 Å². The molecule has 0 spiro atoms. The van der Waals surface area contributed by atoms with E-state index in [2.05, 4.69) is 29.5 Å². The first-order valence-corrected chi connectivity index (χ1v) is 4.92. The molecular formula is C11H15KN2. The number of piperidine rings is 1. The summed E-state index contributed by atoms with van der Waals surface area (Å²) in [5.41, 5.74) is 2.56. The SMILES string of the molecule is Cc1n[c-]ccc1C1CCNCC1.[K+]. The van der Waals surface area contributed by atoms with Gasteiger partial charge >= 0.3 is 51.4 Å². The van der Waals surface area contributed by atoms with Crippen LogP contribution in [0.4, 0.5) is 0 Å². The Morgan fingerprint density at radius 2 is 2.14 bits per heavy atom. The van der Waals surface area contributed by atoms with E-state index >= 15 is 0 Å². The van der Waals surface area contributed by atoms with Gasteiger partial charge < -0.3 is 10.3 Å². The molecule has 1 aliphatic heterocycles. The molecule has 3 heteroatoms. The quantitative estimate of drug-likeness (QED) is 0.462. The molecule has 0 unspecified atom stereocenters. The fourth-order valence-corrected chi connectivity index (χ4v) is 2.01. The largest absolute Gasteiger partial charge is 1.00 e. The summed E-state index contributed by atoms with van der Waals surface area (Å²) in [6.07, 6.45) is 5.36. The number of hydrogen-bond acceptors (Lipinski definition) is 2. The molecule has 1 aliphatic rings. The van der Waals surface area contributed by atoms with Crippen LogP contribution in [0.5, 0.6) is 0 Å². The summed E-state index contributed by atoms with van der Waals surface area (Å²) >= 11 is 0. The van der Waals surface area contributed by atoms with Gasteiger partial charge in [-0.1, -0.05) is 18.8 Å². The molecule has 2 heterocycles. The molecule has 1 saturated heterocycles. The Labute approximate surface area is 128 Å². The molecule has 1 N–H and O–H groups in total. The Hall–Kier alpha value is 0.746. The average molecular weight is 214 g/mol. The molecule has 70 valence electrons. The Bertz CT molecular complexity index is 282. The predicted octanol–water partition coefficient (Wildman–Crippen LogP) is -1.34. The van der Waals surface area contributed by atoms with Crippen molar-refractivity contribution in [2.45, 2.75) is 25.7 Å². The van der Waals surface area contributed by atoms with Crippen LogP contribution in [0.15, 0.2) is 12.1 Å². The van der Waals surface area contributed by atoms with E-state index in [4.69, 9.17) is 0 Å². The van der Waals surface area contributed by atoms with Gasteiger partial charge in [-0.3, -0.25) is 0 Å². The smallest absolute Gasteiger partial charge is 0.391 e.